The average Bonchev–Trinajstić information content (AvgIpc) is 3.42. The Hall–Kier alpha value is -2.54. The molecule has 196 valence electrons. The van der Waals surface area contributed by atoms with E-state index in [0.29, 0.717) is 0 Å². The van der Waals surface area contributed by atoms with Crippen LogP contribution in [0.4, 0.5) is 0 Å². The summed E-state index contributed by atoms with van der Waals surface area (Å²) in [6.07, 6.45) is 4.65. The zero-order chi connectivity index (χ0) is 24.9. The molecule has 3 fully saturated rings. The number of hydrogen-bond acceptors (Lipinski definition) is 4. The molecule has 38 heavy (non-hydrogen) atoms. The lowest BCUT2D eigenvalue weighted by Crippen LogP contribution is -3.00. The average molecular weight is 590 g/mol. The number of nitrogens with zero attached hydrogens (tertiary/aromatic N) is 2. The van der Waals surface area contributed by atoms with Crippen LogP contribution in [0.2, 0.25) is 0 Å². The molecule has 4 nitrogen and oxygen atoms in total. The number of thioether (sulfide) groups is 1. The Balaban J connectivity index is 0.00000264. The molecule has 4 aromatic rings. The predicted molar refractivity (Wildman–Crippen MR) is 147 cm³/mol. The minimum atomic E-state index is -0.493. The van der Waals surface area contributed by atoms with Crippen LogP contribution in [-0.2, 0) is 12.0 Å². The van der Waals surface area contributed by atoms with Crippen LogP contribution in [0.5, 0.6) is 11.5 Å². The van der Waals surface area contributed by atoms with E-state index in [9.17, 15) is 0 Å². The van der Waals surface area contributed by atoms with E-state index in [2.05, 4.69) is 61.5 Å². The summed E-state index contributed by atoms with van der Waals surface area (Å²) in [6.45, 7) is 6.91. The van der Waals surface area contributed by atoms with Gasteiger partial charge >= 0.3 is 0 Å². The van der Waals surface area contributed by atoms with Crippen LogP contribution in [0.15, 0.2) is 94.4 Å². The second-order valence-corrected chi connectivity index (χ2v) is 12.3. The van der Waals surface area contributed by atoms with Gasteiger partial charge in [0.25, 0.3) is 0 Å². The largest absolute Gasteiger partial charge is 1.00 e. The first-order valence-electron chi connectivity index (χ1n) is 13.5. The molecule has 5 heterocycles. The number of para-hydroxylation sites is 2. The minimum absolute atomic E-state index is 0. The number of aromatic nitrogens is 1. The first-order chi connectivity index (χ1) is 18.1. The van der Waals surface area contributed by atoms with Gasteiger partial charge in [0, 0.05) is 40.5 Å². The van der Waals surface area contributed by atoms with E-state index in [1.165, 1.54) is 43.1 Å². The van der Waals surface area contributed by atoms with Gasteiger partial charge in [-0.25, -0.2) is 4.98 Å². The number of fused-ring (bicyclic) bond motifs is 5. The molecule has 0 saturated carbocycles. The summed E-state index contributed by atoms with van der Waals surface area (Å²) in [5.74, 6) is 6.36. The van der Waals surface area contributed by atoms with Crippen molar-refractivity contribution in [2.75, 3.05) is 25.4 Å². The Labute approximate surface area is 239 Å². The normalized spacial score (nSPS) is 24.6. The van der Waals surface area contributed by atoms with Gasteiger partial charge < -0.3 is 30.6 Å². The van der Waals surface area contributed by atoms with Crippen molar-refractivity contribution in [2.45, 2.75) is 36.6 Å². The van der Waals surface area contributed by atoms with Gasteiger partial charge in [-0.2, -0.15) is 0 Å². The third-order valence-electron chi connectivity index (χ3n) is 8.99. The fraction of sp³-hybridized carbons (Fsp3) is 0.344. The lowest BCUT2D eigenvalue weighted by atomic mass is 9.74. The Morgan fingerprint density at radius 1 is 0.895 bits per heavy atom. The molecule has 8 rings (SSSR count). The quantitative estimate of drug-likeness (QED) is 0.249. The molecule has 0 radical (unpaired) electrons. The van der Waals surface area contributed by atoms with Gasteiger partial charge in [0.2, 0.25) is 5.89 Å². The van der Waals surface area contributed by atoms with Crippen LogP contribution in [0.1, 0.15) is 42.5 Å². The first-order valence-corrected chi connectivity index (χ1v) is 14.5. The number of rotatable bonds is 6. The summed E-state index contributed by atoms with van der Waals surface area (Å²) in [6, 6.07) is 27.4. The number of piperidine rings is 3. The number of halogens is 1. The van der Waals surface area contributed by atoms with Crippen LogP contribution < -0.4 is 21.7 Å². The van der Waals surface area contributed by atoms with Crippen LogP contribution >= 0.6 is 11.8 Å². The van der Waals surface area contributed by atoms with Crippen LogP contribution in [0.3, 0.4) is 0 Å². The highest BCUT2D eigenvalue weighted by Crippen LogP contribution is 2.51. The van der Waals surface area contributed by atoms with E-state index in [1.54, 1.807) is 0 Å². The third kappa shape index (κ3) is 4.41. The fourth-order valence-electron chi connectivity index (χ4n) is 6.94. The Morgan fingerprint density at radius 2 is 1.53 bits per heavy atom. The molecular weight excluding hydrogens is 556 g/mol. The van der Waals surface area contributed by atoms with E-state index in [1.807, 2.05) is 42.2 Å². The van der Waals surface area contributed by atoms with E-state index >= 15 is 0 Å². The van der Waals surface area contributed by atoms with Crippen LogP contribution in [0, 0.1) is 11.8 Å². The Kier molecular flexibility index (Phi) is 6.91. The smallest absolute Gasteiger partial charge is 0.209 e. The molecule has 0 aliphatic carbocycles. The van der Waals surface area contributed by atoms with Crippen molar-refractivity contribution in [1.82, 2.24) is 4.98 Å². The van der Waals surface area contributed by atoms with Gasteiger partial charge in [-0.1, -0.05) is 54.6 Å². The fourth-order valence-corrected chi connectivity index (χ4v) is 8.07. The molecule has 1 unspecified atom stereocenters. The molecule has 4 aliphatic rings. The van der Waals surface area contributed by atoms with Crippen molar-refractivity contribution < 1.29 is 30.6 Å². The zero-order valence-corrected chi connectivity index (χ0v) is 24.1. The summed E-state index contributed by atoms with van der Waals surface area (Å²) in [5, 5.41) is 0. The molecule has 3 aromatic carbocycles. The molecule has 2 bridgehead atoms. The molecule has 1 atom stereocenters. The monoisotopic (exact) mass is 588 g/mol. The Morgan fingerprint density at radius 3 is 2.21 bits per heavy atom. The SMILES string of the molecule is CC1(c2ncc(C[N+]34CCC(CC3)C(CSc3ccccc3)C4)o2)c2ccccc2Oc2ccccc21.[Br-]. The number of benzene rings is 3. The number of ether oxygens (including phenoxy) is 1. The predicted octanol–water partition coefficient (Wildman–Crippen LogP) is 4.29. The van der Waals surface area contributed by atoms with Crippen molar-refractivity contribution in [2.24, 2.45) is 11.8 Å². The molecule has 0 amide bonds. The molecule has 0 spiro atoms. The number of oxazole rings is 1. The highest BCUT2D eigenvalue weighted by molar-refractivity contribution is 7.99. The highest BCUT2D eigenvalue weighted by Gasteiger charge is 2.47. The lowest BCUT2D eigenvalue weighted by Gasteiger charge is -2.52. The first kappa shape index (κ1) is 25.7. The molecule has 4 aliphatic heterocycles. The number of hydrogen-bond donors (Lipinski definition) is 0. The lowest BCUT2D eigenvalue weighted by molar-refractivity contribution is -0.959. The van der Waals surface area contributed by atoms with Gasteiger partial charge in [-0.3, -0.25) is 0 Å². The van der Waals surface area contributed by atoms with Gasteiger partial charge in [0.15, 0.2) is 5.76 Å². The third-order valence-corrected chi connectivity index (χ3v) is 10.2. The van der Waals surface area contributed by atoms with Crippen LogP contribution in [0.25, 0.3) is 0 Å². The summed E-state index contributed by atoms with van der Waals surface area (Å²) < 4.78 is 14.1. The van der Waals surface area contributed by atoms with E-state index < -0.39 is 5.41 Å². The molecule has 0 N–H and O–H groups in total. The maximum Gasteiger partial charge on any atom is 0.209 e. The summed E-state index contributed by atoms with van der Waals surface area (Å²) >= 11 is 2.02. The number of quaternary nitrogens is 1. The molecular formula is C32H33BrN2O2S. The summed E-state index contributed by atoms with van der Waals surface area (Å²) in [5.41, 5.74) is 1.71. The maximum absolute atomic E-state index is 6.66. The van der Waals surface area contributed by atoms with Gasteiger partial charge in [0.1, 0.15) is 23.5 Å². The maximum atomic E-state index is 6.66. The van der Waals surface area contributed by atoms with E-state index in [0.717, 1.165) is 57.1 Å². The van der Waals surface area contributed by atoms with Gasteiger partial charge in [0.05, 0.1) is 25.8 Å². The van der Waals surface area contributed by atoms with Gasteiger partial charge in [-0.15, -0.1) is 11.8 Å². The molecule has 6 heteroatoms. The van der Waals surface area contributed by atoms with Gasteiger partial charge in [-0.05, 0) is 37.1 Å². The zero-order valence-electron chi connectivity index (χ0n) is 21.7. The topological polar surface area (TPSA) is 35.3 Å². The Bertz CT molecular complexity index is 1370. The molecule has 3 saturated heterocycles. The highest BCUT2D eigenvalue weighted by atomic mass is 79.9. The van der Waals surface area contributed by atoms with E-state index in [4.69, 9.17) is 14.1 Å². The standard InChI is InChI=1S/C32H33N2O2S.BrH/c1-32(27-11-5-7-13-29(27)36-30-14-8-6-12-28(30)32)31-33-19-25(35-31)21-34-17-15-23(16-18-34)24(20-34)22-37-26-9-3-2-4-10-26;/h2-14,19,23-24H,15-18,20-22H2,1H3;1H/q+1;/p-1. The second kappa shape index (κ2) is 10.2. The second-order valence-electron chi connectivity index (χ2n) is 11.2. The molecule has 1 aromatic heterocycles. The van der Waals surface area contributed by atoms with Crippen molar-refractivity contribution >= 4 is 11.8 Å². The van der Waals surface area contributed by atoms with Crippen molar-refractivity contribution in [3.8, 4) is 11.5 Å². The van der Waals surface area contributed by atoms with Crippen molar-refractivity contribution in [3.63, 3.8) is 0 Å². The summed E-state index contributed by atoms with van der Waals surface area (Å²) in [4.78, 5) is 6.30. The van der Waals surface area contributed by atoms with Crippen molar-refractivity contribution in [3.05, 3.63) is 108 Å². The van der Waals surface area contributed by atoms with Crippen molar-refractivity contribution in [1.29, 1.82) is 0 Å². The van der Waals surface area contributed by atoms with Crippen LogP contribution in [-0.4, -0.2) is 34.9 Å². The summed E-state index contributed by atoms with van der Waals surface area (Å²) in [7, 11) is 0. The minimum Gasteiger partial charge on any atom is -1.00 e. The van der Waals surface area contributed by atoms with E-state index in [-0.39, 0.29) is 17.0 Å².